The molecule has 0 spiro atoms. The summed E-state index contributed by atoms with van der Waals surface area (Å²) in [6.45, 7) is 0. The Balaban J connectivity index is 2.83. The van der Waals surface area contributed by atoms with Crippen molar-refractivity contribution in [1.29, 1.82) is 0 Å². The summed E-state index contributed by atoms with van der Waals surface area (Å²) in [5, 5.41) is 1.08. The van der Waals surface area contributed by atoms with Crippen LogP contribution < -0.4 is 0 Å². The second kappa shape index (κ2) is 2.51. The molecule has 0 aliphatic rings. The molecule has 0 saturated heterocycles. The third-order valence-electron chi connectivity index (χ3n) is 1.47. The molecule has 54 valence electrons. The molecule has 2 rings (SSSR count). The standard InChI is InChI=1S/C8H6N2S/c11-7-3-6-1-2-9-5-8(6)10-4-7/h1-5,11H. The van der Waals surface area contributed by atoms with Crippen LogP contribution in [0.1, 0.15) is 0 Å². The van der Waals surface area contributed by atoms with E-state index in [2.05, 4.69) is 22.6 Å². The summed E-state index contributed by atoms with van der Waals surface area (Å²) in [5.74, 6) is 0. The van der Waals surface area contributed by atoms with E-state index in [4.69, 9.17) is 0 Å². The fourth-order valence-electron chi connectivity index (χ4n) is 0.959. The number of fused-ring (bicyclic) bond motifs is 1. The van der Waals surface area contributed by atoms with Crippen molar-refractivity contribution < 1.29 is 0 Å². The van der Waals surface area contributed by atoms with Crippen molar-refractivity contribution in [2.75, 3.05) is 0 Å². The first kappa shape index (κ1) is 6.61. The van der Waals surface area contributed by atoms with Gasteiger partial charge in [0, 0.05) is 22.7 Å². The topological polar surface area (TPSA) is 25.8 Å². The predicted octanol–water partition coefficient (Wildman–Crippen LogP) is 1.92. The fourth-order valence-corrected chi connectivity index (χ4v) is 1.16. The maximum atomic E-state index is 4.18. The maximum absolute atomic E-state index is 4.18. The largest absolute Gasteiger partial charge is 0.262 e. The minimum atomic E-state index is 0.878. The quantitative estimate of drug-likeness (QED) is 0.599. The van der Waals surface area contributed by atoms with Gasteiger partial charge in [-0.05, 0) is 12.1 Å². The van der Waals surface area contributed by atoms with Crippen molar-refractivity contribution in [3.8, 4) is 0 Å². The summed E-state index contributed by atoms with van der Waals surface area (Å²) in [4.78, 5) is 8.98. The molecule has 2 heterocycles. The van der Waals surface area contributed by atoms with E-state index in [1.54, 1.807) is 18.6 Å². The van der Waals surface area contributed by atoms with Gasteiger partial charge in [-0.2, -0.15) is 0 Å². The van der Waals surface area contributed by atoms with Crippen molar-refractivity contribution in [3.63, 3.8) is 0 Å². The molecule has 2 aromatic heterocycles. The van der Waals surface area contributed by atoms with Gasteiger partial charge >= 0.3 is 0 Å². The lowest BCUT2D eigenvalue weighted by Crippen LogP contribution is -1.79. The molecule has 0 saturated carbocycles. The Morgan fingerprint density at radius 2 is 2.18 bits per heavy atom. The van der Waals surface area contributed by atoms with Gasteiger partial charge in [0.05, 0.1) is 11.7 Å². The molecule has 3 heteroatoms. The van der Waals surface area contributed by atoms with Crippen molar-refractivity contribution in [1.82, 2.24) is 9.97 Å². The molecule has 0 amide bonds. The van der Waals surface area contributed by atoms with E-state index in [0.717, 1.165) is 15.8 Å². The van der Waals surface area contributed by atoms with E-state index >= 15 is 0 Å². The minimum absolute atomic E-state index is 0.878. The van der Waals surface area contributed by atoms with Crippen LogP contribution in [0.15, 0.2) is 35.6 Å². The average Bonchev–Trinajstić information content (AvgIpc) is 2.04. The normalized spacial score (nSPS) is 10.3. The first-order chi connectivity index (χ1) is 5.36. The van der Waals surface area contributed by atoms with E-state index in [1.807, 2.05) is 12.1 Å². The Morgan fingerprint density at radius 3 is 3.09 bits per heavy atom. The zero-order valence-corrected chi connectivity index (χ0v) is 6.62. The summed E-state index contributed by atoms with van der Waals surface area (Å²) in [6, 6.07) is 3.88. The van der Waals surface area contributed by atoms with E-state index in [9.17, 15) is 0 Å². The van der Waals surface area contributed by atoms with Gasteiger partial charge in [-0.25, -0.2) is 0 Å². The maximum Gasteiger partial charge on any atom is 0.0885 e. The second-order valence-corrected chi connectivity index (χ2v) is 2.78. The molecule has 0 aliphatic heterocycles. The Bertz CT molecular complexity index is 387. The summed E-state index contributed by atoms with van der Waals surface area (Å²) in [6.07, 6.45) is 5.20. The van der Waals surface area contributed by atoms with E-state index in [-0.39, 0.29) is 0 Å². The predicted molar refractivity (Wildman–Crippen MR) is 46.8 cm³/mol. The first-order valence-electron chi connectivity index (χ1n) is 3.25. The lowest BCUT2D eigenvalue weighted by Gasteiger charge is -1.94. The molecular weight excluding hydrogens is 156 g/mol. The van der Waals surface area contributed by atoms with Gasteiger partial charge in [0.15, 0.2) is 0 Å². The average molecular weight is 162 g/mol. The van der Waals surface area contributed by atoms with Crippen LogP contribution in [-0.4, -0.2) is 9.97 Å². The van der Waals surface area contributed by atoms with Crippen LogP contribution in [0.25, 0.3) is 10.9 Å². The van der Waals surface area contributed by atoms with Gasteiger partial charge in [-0.3, -0.25) is 9.97 Å². The Kier molecular flexibility index (Phi) is 1.51. The highest BCUT2D eigenvalue weighted by molar-refractivity contribution is 7.80. The molecule has 0 radical (unpaired) electrons. The molecule has 2 aromatic rings. The summed E-state index contributed by atoms with van der Waals surface area (Å²) < 4.78 is 0. The number of hydrogen-bond acceptors (Lipinski definition) is 3. The molecule has 2 nitrogen and oxygen atoms in total. The number of thiol groups is 1. The molecule has 0 atom stereocenters. The molecule has 0 aromatic carbocycles. The summed E-state index contributed by atoms with van der Waals surface area (Å²) in [7, 11) is 0. The number of hydrogen-bond donors (Lipinski definition) is 1. The molecule has 0 fully saturated rings. The third kappa shape index (κ3) is 1.19. The highest BCUT2D eigenvalue weighted by Gasteiger charge is 1.92. The zero-order valence-electron chi connectivity index (χ0n) is 5.73. The first-order valence-corrected chi connectivity index (χ1v) is 3.70. The van der Waals surface area contributed by atoms with Crippen molar-refractivity contribution in [2.24, 2.45) is 0 Å². The smallest absolute Gasteiger partial charge is 0.0885 e. The van der Waals surface area contributed by atoms with Crippen LogP contribution in [0.3, 0.4) is 0 Å². The van der Waals surface area contributed by atoms with Crippen LogP contribution in [0.2, 0.25) is 0 Å². The lowest BCUT2D eigenvalue weighted by molar-refractivity contribution is 1.27. The van der Waals surface area contributed by atoms with Crippen LogP contribution >= 0.6 is 12.6 Å². The summed E-state index contributed by atoms with van der Waals surface area (Å²) >= 11 is 4.18. The highest BCUT2D eigenvalue weighted by atomic mass is 32.1. The van der Waals surface area contributed by atoms with Crippen molar-refractivity contribution >= 4 is 23.5 Å². The van der Waals surface area contributed by atoms with Gasteiger partial charge in [-0.15, -0.1) is 12.6 Å². The Hall–Kier alpha value is -1.09. The molecule has 11 heavy (non-hydrogen) atoms. The Labute approximate surface area is 69.7 Å². The van der Waals surface area contributed by atoms with Crippen LogP contribution in [0.5, 0.6) is 0 Å². The molecule has 0 unspecified atom stereocenters. The molecule has 0 N–H and O–H groups in total. The number of aromatic nitrogens is 2. The van der Waals surface area contributed by atoms with Gasteiger partial charge in [-0.1, -0.05) is 0 Å². The third-order valence-corrected chi connectivity index (χ3v) is 1.72. The van der Waals surface area contributed by atoms with Crippen LogP contribution in [0.4, 0.5) is 0 Å². The molecule has 0 bridgehead atoms. The molecule has 0 aliphatic carbocycles. The van der Waals surface area contributed by atoms with E-state index in [1.165, 1.54) is 0 Å². The minimum Gasteiger partial charge on any atom is -0.262 e. The highest BCUT2D eigenvalue weighted by Crippen LogP contribution is 2.12. The SMILES string of the molecule is Sc1cnc2cnccc2c1. The van der Waals surface area contributed by atoms with Crippen LogP contribution in [-0.2, 0) is 0 Å². The molecular formula is C8H6N2S. The lowest BCUT2D eigenvalue weighted by atomic mass is 10.3. The number of rotatable bonds is 0. The van der Waals surface area contributed by atoms with Gasteiger partial charge in [0.2, 0.25) is 0 Å². The summed E-state index contributed by atoms with van der Waals surface area (Å²) in [5.41, 5.74) is 0.908. The van der Waals surface area contributed by atoms with Gasteiger partial charge in [0.25, 0.3) is 0 Å². The van der Waals surface area contributed by atoms with Crippen LogP contribution in [0, 0.1) is 0 Å². The fraction of sp³-hybridized carbons (Fsp3) is 0. The monoisotopic (exact) mass is 162 g/mol. The Morgan fingerprint density at radius 1 is 1.27 bits per heavy atom. The number of pyridine rings is 2. The van der Waals surface area contributed by atoms with Gasteiger partial charge < -0.3 is 0 Å². The van der Waals surface area contributed by atoms with Crippen molar-refractivity contribution in [3.05, 3.63) is 30.7 Å². The van der Waals surface area contributed by atoms with E-state index < -0.39 is 0 Å². The second-order valence-electron chi connectivity index (χ2n) is 2.26. The number of nitrogens with zero attached hydrogens (tertiary/aromatic N) is 2. The van der Waals surface area contributed by atoms with Gasteiger partial charge in [0.1, 0.15) is 0 Å². The van der Waals surface area contributed by atoms with Crippen molar-refractivity contribution in [2.45, 2.75) is 4.90 Å². The zero-order chi connectivity index (χ0) is 7.68. The van der Waals surface area contributed by atoms with E-state index in [0.29, 0.717) is 0 Å².